The maximum absolute atomic E-state index is 13.4. The molecule has 0 aromatic heterocycles. The zero-order valence-corrected chi connectivity index (χ0v) is 21.3. The molecule has 0 saturated carbocycles. The molecule has 2 aliphatic rings. The normalized spacial score (nSPS) is 23.6. The molecular formula is C27H43N3O3. The number of carbonyl (C=O) groups is 2. The van der Waals surface area contributed by atoms with Crippen molar-refractivity contribution < 1.29 is 14.3 Å². The average Bonchev–Trinajstić information content (AvgIpc) is 2.73. The van der Waals surface area contributed by atoms with Crippen molar-refractivity contribution in [3.05, 3.63) is 29.3 Å². The summed E-state index contributed by atoms with van der Waals surface area (Å²) in [5.41, 5.74) is 2.74. The molecule has 0 radical (unpaired) electrons. The number of ether oxygens (including phenoxy) is 1. The van der Waals surface area contributed by atoms with Crippen LogP contribution >= 0.6 is 0 Å². The summed E-state index contributed by atoms with van der Waals surface area (Å²) in [6.45, 7) is 15.0. The van der Waals surface area contributed by atoms with Crippen LogP contribution in [0.2, 0.25) is 0 Å². The lowest BCUT2D eigenvalue weighted by molar-refractivity contribution is -0.116. The Balaban J connectivity index is 1.95. The minimum absolute atomic E-state index is 0.0386. The van der Waals surface area contributed by atoms with Crippen molar-refractivity contribution in [1.29, 1.82) is 0 Å². The molecule has 1 aromatic rings. The zero-order chi connectivity index (χ0) is 24.0. The fourth-order valence-corrected chi connectivity index (χ4v) is 5.21. The summed E-state index contributed by atoms with van der Waals surface area (Å²) in [5.74, 6) is 0.681. The van der Waals surface area contributed by atoms with Crippen LogP contribution in [-0.2, 0) is 16.1 Å². The summed E-state index contributed by atoms with van der Waals surface area (Å²) < 4.78 is 5.82. The van der Waals surface area contributed by atoms with E-state index in [9.17, 15) is 9.59 Å². The molecule has 3 rings (SSSR count). The highest BCUT2D eigenvalue weighted by atomic mass is 16.5. The Morgan fingerprint density at radius 2 is 1.64 bits per heavy atom. The molecule has 0 spiro atoms. The van der Waals surface area contributed by atoms with Crippen LogP contribution in [0.3, 0.4) is 0 Å². The molecule has 2 heterocycles. The maximum atomic E-state index is 13.4. The molecule has 0 N–H and O–H groups in total. The molecule has 2 unspecified atom stereocenters. The molecular weight excluding hydrogens is 414 g/mol. The van der Waals surface area contributed by atoms with E-state index in [1.165, 1.54) is 19.3 Å². The minimum Gasteiger partial charge on any atom is -0.372 e. The number of fused-ring (bicyclic) bond motifs is 1. The van der Waals surface area contributed by atoms with E-state index < -0.39 is 0 Å². The number of hydrogen-bond donors (Lipinski definition) is 0. The number of nitrogens with zero attached hydrogens (tertiary/aromatic N) is 3. The number of anilines is 1. The van der Waals surface area contributed by atoms with Crippen molar-refractivity contribution >= 4 is 17.5 Å². The smallest absolute Gasteiger partial charge is 0.254 e. The lowest BCUT2D eigenvalue weighted by Crippen LogP contribution is -2.48. The van der Waals surface area contributed by atoms with Gasteiger partial charge in [0.05, 0.1) is 12.2 Å². The third kappa shape index (κ3) is 7.28. The van der Waals surface area contributed by atoms with Crippen molar-refractivity contribution in [3.63, 3.8) is 0 Å². The van der Waals surface area contributed by atoms with Gasteiger partial charge in [-0.15, -0.1) is 0 Å². The molecule has 184 valence electrons. The number of carbonyl (C=O) groups excluding carboxylic acids is 2. The number of rotatable bonds is 3. The van der Waals surface area contributed by atoms with Gasteiger partial charge in [0.15, 0.2) is 0 Å². The summed E-state index contributed by atoms with van der Waals surface area (Å²) in [6.07, 6.45) is 5.88. The van der Waals surface area contributed by atoms with Gasteiger partial charge in [-0.05, 0) is 62.9 Å². The summed E-state index contributed by atoms with van der Waals surface area (Å²) >= 11 is 0. The van der Waals surface area contributed by atoms with Gasteiger partial charge in [0.2, 0.25) is 5.91 Å². The van der Waals surface area contributed by atoms with Crippen molar-refractivity contribution in [3.8, 4) is 0 Å². The molecule has 0 bridgehead atoms. The molecule has 2 atom stereocenters. The first-order chi connectivity index (χ1) is 15.7. The van der Waals surface area contributed by atoms with Crippen molar-refractivity contribution in [1.82, 2.24) is 9.80 Å². The Morgan fingerprint density at radius 3 is 2.27 bits per heavy atom. The number of morpholine rings is 1. The van der Waals surface area contributed by atoms with E-state index in [0.717, 1.165) is 50.3 Å². The summed E-state index contributed by atoms with van der Waals surface area (Å²) in [7, 11) is 0. The van der Waals surface area contributed by atoms with Crippen LogP contribution in [0.5, 0.6) is 0 Å². The van der Waals surface area contributed by atoms with Gasteiger partial charge in [-0.3, -0.25) is 14.5 Å². The van der Waals surface area contributed by atoms with Crippen LogP contribution in [0.25, 0.3) is 0 Å². The first-order valence-corrected chi connectivity index (χ1v) is 12.8. The van der Waals surface area contributed by atoms with E-state index in [-0.39, 0.29) is 24.0 Å². The molecule has 6 heteroatoms. The van der Waals surface area contributed by atoms with Crippen LogP contribution < -0.4 is 4.90 Å². The highest BCUT2D eigenvalue weighted by molar-refractivity contribution is 5.97. The van der Waals surface area contributed by atoms with Gasteiger partial charge >= 0.3 is 0 Å². The highest BCUT2D eigenvalue weighted by Gasteiger charge is 2.28. The lowest BCUT2D eigenvalue weighted by Gasteiger charge is -2.35. The number of benzene rings is 1. The van der Waals surface area contributed by atoms with E-state index in [0.29, 0.717) is 24.6 Å². The van der Waals surface area contributed by atoms with Crippen LogP contribution in [0.15, 0.2) is 18.2 Å². The maximum Gasteiger partial charge on any atom is 0.254 e. The standard InChI is InChI=1S/C27H43N3O3/c1-20(2)16-28-13-9-7-6-8-10-14-30(23(5)31)26-12-11-24(15-25(26)19-28)27(32)29-17-21(3)33-22(4)18-29/h11-12,15,20-22H,6-10,13-14,16-19H2,1-5H3. The first-order valence-electron chi connectivity index (χ1n) is 12.8. The van der Waals surface area contributed by atoms with E-state index in [4.69, 9.17) is 4.74 Å². The number of amides is 2. The van der Waals surface area contributed by atoms with Gasteiger partial charge in [-0.2, -0.15) is 0 Å². The third-order valence-electron chi connectivity index (χ3n) is 6.58. The third-order valence-corrected chi connectivity index (χ3v) is 6.58. The first kappa shape index (κ1) is 25.7. The van der Waals surface area contributed by atoms with Crippen molar-refractivity contribution in [2.75, 3.05) is 37.6 Å². The Labute approximate surface area is 200 Å². The average molecular weight is 458 g/mol. The molecule has 0 aliphatic carbocycles. The van der Waals surface area contributed by atoms with Gasteiger partial charge in [0.25, 0.3) is 5.91 Å². The van der Waals surface area contributed by atoms with E-state index in [2.05, 4.69) is 18.7 Å². The van der Waals surface area contributed by atoms with Crippen molar-refractivity contribution in [2.24, 2.45) is 5.92 Å². The van der Waals surface area contributed by atoms with Crippen LogP contribution in [0.1, 0.15) is 82.6 Å². The van der Waals surface area contributed by atoms with E-state index in [1.807, 2.05) is 41.8 Å². The SMILES string of the molecule is CC(=O)N1CCCCCCCN(CC(C)C)Cc2cc(C(=O)N3CC(C)OC(C)C3)ccc21. The van der Waals surface area contributed by atoms with Crippen LogP contribution in [0.4, 0.5) is 5.69 Å². The Morgan fingerprint density at radius 1 is 1.00 bits per heavy atom. The molecule has 1 saturated heterocycles. The van der Waals surface area contributed by atoms with Gasteiger partial charge in [0, 0.05) is 50.9 Å². The second-order valence-electron chi connectivity index (χ2n) is 10.4. The van der Waals surface area contributed by atoms with E-state index >= 15 is 0 Å². The quantitative estimate of drug-likeness (QED) is 0.660. The van der Waals surface area contributed by atoms with E-state index in [1.54, 1.807) is 6.92 Å². The summed E-state index contributed by atoms with van der Waals surface area (Å²) in [4.78, 5) is 32.3. The van der Waals surface area contributed by atoms with Crippen LogP contribution in [0, 0.1) is 5.92 Å². The molecule has 33 heavy (non-hydrogen) atoms. The van der Waals surface area contributed by atoms with Gasteiger partial charge in [-0.25, -0.2) is 0 Å². The molecule has 2 aliphatic heterocycles. The molecule has 6 nitrogen and oxygen atoms in total. The summed E-state index contributed by atoms with van der Waals surface area (Å²) in [6, 6.07) is 5.94. The second-order valence-corrected chi connectivity index (χ2v) is 10.4. The topological polar surface area (TPSA) is 53.1 Å². The van der Waals surface area contributed by atoms with Gasteiger partial charge in [-0.1, -0.05) is 33.1 Å². The Kier molecular flexibility index (Phi) is 9.33. The fraction of sp³-hybridized carbons (Fsp3) is 0.704. The largest absolute Gasteiger partial charge is 0.372 e. The van der Waals surface area contributed by atoms with Gasteiger partial charge in [0.1, 0.15) is 0 Å². The molecule has 1 aromatic carbocycles. The Hall–Kier alpha value is -1.92. The predicted octanol–water partition coefficient (Wildman–Crippen LogP) is 4.71. The summed E-state index contributed by atoms with van der Waals surface area (Å²) in [5, 5.41) is 0. The lowest BCUT2D eigenvalue weighted by atomic mass is 10.0. The fourth-order valence-electron chi connectivity index (χ4n) is 5.21. The highest BCUT2D eigenvalue weighted by Crippen LogP contribution is 2.27. The monoisotopic (exact) mass is 457 g/mol. The number of hydrogen-bond acceptors (Lipinski definition) is 4. The molecule has 1 fully saturated rings. The zero-order valence-electron chi connectivity index (χ0n) is 21.3. The van der Waals surface area contributed by atoms with Crippen LogP contribution in [-0.4, -0.2) is 66.5 Å². The minimum atomic E-state index is 0.0386. The van der Waals surface area contributed by atoms with Gasteiger partial charge < -0.3 is 14.5 Å². The Bertz CT molecular complexity index is 800. The second kappa shape index (κ2) is 12.0. The predicted molar refractivity (Wildman–Crippen MR) is 134 cm³/mol. The van der Waals surface area contributed by atoms with Crippen molar-refractivity contribution in [2.45, 2.75) is 85.5 Å². The molecule has 2 amide bonds.